The SMILES string of the molecule is Cl.O=C(CC1CCCN1)Nc1cccc(OCCF)c1. The van der Waals surface area contributed by atoms with E-state index in [1.54, 1.807) is 24.3 Å². The Kier molecular flexibility index (Phi) is 7.33. The molecule has 1 atom stereocenters. The Bertz CT molecular complexity index is 425. The molecule has 1 fully saturated rings. The van der Waals surface area contributed by atoms with Crippen molar-refractivity contribution < 1.29 is 13.9 Å². The van der Waals surface area contributed by atoms with Crippen LogP contribution in [0.2, 0.25) is 0 Å². The third kappa shape index (κ3) is 5.35. The van der Waals surface area contributed by atoms with E-state index in [9.17, 15) is 9.18 Å². The molecule has 1 saturated heterocycles. The highest BCUT2D eigenvalue weighted by atomic mass is 35.5. The Morgan fingerprint density at radius 1 is 1.50 bits per heavy atom. The normalized spacial score (nSPS) is 17.4. The molecule has 6 heteroatoms. The standard InChI is InChI=1S/C14H19FN2O2.ClH/c15-6-8-19-13-5-1-3-12(9-13)17-14(18)10-11-4-2-7-16-11;/h1,3,5,9,11,16H,2,4,6-8,10H2,(H,17,18);1H. The van der Waals surface area contributed by atoms with Gasteiger partial charge in [-0.25, -0.2) is 4.39 Å². The Morgan fingerprint density at radius 3 is 3.05 bits per heavy atom. The Labute approximate surface area is 124 Å². The molecule has 0 spiro atoms. The van der Waals surface area contributed by atoms with Crippen LogP contribution >= 0.6 is 12.4 Å². The van der Waals surface area contributed by atoms with Crippen LogP contribution in [0.25, 0.3) is 0 Å². The van der Waals surface area contributed by atoms with Crippen LogP contribution in [0, 0.1) is 0 Å². The zero-order chi connectivity index (χ0) is 13.5. The van der Waals surface area contributed by atoms with Gasteiger partial charge in [0.15, 0.2) is 0 Å². The summed E-state index contributed by atoms with van der Waals surface area (Å²) >= 11 is 0. The molecule has 1 unspecified atom stereocenters. The number of carbonyl (C=O) groups excluding carboxylic acids is 1. The van der Waals surface area contributed by atoms with E-state index in [1.807, 2.05) is 0 Å². The first-order valence-corrected chi connectivity index (χ1v) is 6.60. The number of hydrogen-bond acceptors (Lipinski definition) is 3. The first-order valence-electron chi connectivity index (χ1n) is 6.60. The first-order chi connectivity index (χ1) is 9.28. The summed E-state index contributed by atoms with van der Waals surface area (Å²) in [7, 11) is 0. The number of carbonyl (C=O) groups is 1. The highest BCUT2D eigenvalue weighted by molar-refractivity contribution is 5.91. The monoisotopic (exact) mass is 302 g/mol. The van der Waals surface area contributed by atoms with E-state index in [2.05, 4.69) is 10.6 Å². The van der Waals surface area contributed by atoms with E-state index in [-0.39, 0.29) is 31.0 Å². The van der Waals surface area contributed by atoms with Gasteiger partial charge in [0, 0.05) is 24.2 Å². The molecular weight excluding hydrogens is 283 g/mol. The molecule has 1 aromatic rings. The van der Waals surface area contributed by atoms with Crippen molar-refractivity contribution >= 4 is 24.0 Å². The molecule has 20 heavy (non-hydrogen) atoms. The molecule has 1 aliphatic rings. The maximum atomic E-state index is 12.0. The Balaban J connectivity index is 0.00000200. The van der Waals surface area contributed by atoms with Gasteiger partial charge >= 0.3 is 0 Å². The number of ether oxygens (including phenoxy) is 1. The number of anilines is 1. The summed E-state index contributed by atoms with van der Waals surface area (Å²) in [5.41, 5.74) is 0.680. The summed E-state index contributed by atoms with van der Waals surface area (Å²) < 4.78 is 17.2. The van der Waals surface area contributed by atoms with Crippen LogP contribution in [0.3, 0.4) is 0 Å². The molecule has 2 rings (SSSR count). The molecule has 2 N–H and O–H groups in total. The first kappa shape index (κ1) is 16.7. The van der Waals surface area contributed by atoms with Crippen LogP contribution in [-0.2, 0) is 4.79 Å². The van der Waals surface area contributed by atoms with Crippen molar-refractivity contribution in [1.29, 1.82) is 0 Å². The second-order valence-corrected chi connectivity index (χ2v) is 4.61. The maximum Gasteiger partial charge on any atom is 0.225 e. The van der Waals surface area contributed by atoms with Crippen LogP contribution in [0.15, 0.2) is 24.3 Å². The van der Waals surface area contributed by atoms with Gasteiger partial charge in [0.2, 0.25) is 5.91 Å². The van der Waals surface area contributed by atoms with Crippen LogP contribution in [-0.4, -0.2) is 31.8 Å². The van der Waals surface area contributed by atoms with E-state index in [0.29, 0.717) is 17.9 Å². The summed E-state index contributed by atoms with van der Waals surface area (Å²) in [5, 5.41) is 6.12. The molecule has 1 amide bonds. The summed E-state index contributed by atoms with van der Waals surface area (Å²) in [5.74, 6) is 0.552. The summed E-state index contributed by atoms with van der Waals surface area (Å²) in [6.07, 6.45) is 2.66. The predicted molar refractivity (Wildman–Crippen MR) is 79.4 cm³/mol. The van der Waals surface area contributed by atoms with Gasteiger partial charge in [-0.1, -0.05) is 6.07 Å². The zero-order valence-corrected chi connectivity index (χ0v) is 12.0. The number of rotatable bonds is 6. The van der Waals surface area contributed by atoms with E-state index < -0.39 is 6.67 Å². The van der Waals surface area contributed by atoms with Crippen molar-refractivity contribution in [1.82, 2.24) is 5.32 Å². The Morgan fingerprint density at radius 2 is 2.35 bits per heavy atom. The molecule has 1 aliphatic heterocycles. The predicted octanol–water partition coefficient (Wildman–Crippen LogP) is 2.54. The topological polar surface area (TPSA) is 50.4 Å². The number of halogens is 2. The van der Waals surface area contributed by atoms with Crippen LogP contribution < -0.4 is 15.4 Å². The number of nitrogens with one attached hydrogen (secondary N) is 2. The smallest absolute Gasteiger partial charge is 0.225 e. The fraction of sp³-hybridized carbons (Fsp3) is 0.500. The summed E-state index contributed by atoms with van der Waals surface area (Å²) in [6, 6.07) is 7.30. The highest BCUT2D eigenvalue weighted by Gasteiger charge is 2.17. The molecule has 0 saturated carbocycles. The molecule has 1 aromatic carbocycles. The van der Waals surface area contributed by atoms with Gasteiger partial charge in [-0.3, -0.25) is 4.79 Å². The number of benzene rings is 1. The molecule has 4 nitrogen and oxygen atoms in total. The van der Waals surface area contributed by atoms with E-state index in [0.717, 1.165) is 19.4 Å². The van der Waals surface area contributed by atoms with Gasteiger partial charge in [0.1, 0.15) is 19.0 Å². The highest BCUT2D eigenvalue weighted by Crippen LogP contribution is 2.18. The van der Waals surface area contributed by atoms with Crippen molar-refractivity contribution in [2.24, 2.45) is 0 Å². The molecule has 0 aliphatic carbocycles. The summed E-state index contributed by atoms with van der Waals surface area (Å²) in [6.45, 7) is 0.498. The second kappa shape index (κ2) is 8.76. The lowest BCUT2D eigenvalue weighted by Gasteiger charge is -2.11. The maximum absolute atomic E-state index is 12.0. The second-order valence-electron chi connectivity index (χ2n) is 4.61. The van der Waals surface area contributed by atoms with Crippen molar-refractivity contribution in [3.05, 3.63) is 24.3 Å². The van der Waals surface area contributed by atoms with Crippen molar-refractivity contribution in [3.8, 4) is 5.75 Å². The van der Waals surface area contributed by atoms with Crippen molar-refractivity contribution in [2.45, 2.75) is 25.3 Å². The lowest BCUT2D eigenvalue weighted by Crippen LogP contribution is -2.27. The lowest BCUT2D eigenvalue weighted by atomic mass is 10.1. The van der Waals surface area contributed by atoms with Crippen LogP contribution in [0.4, 0.5) is 10.1 Å². The minimum atomic E-state index is -0.524. The van der Waals surface area contributed by atoms with Gasteiger partial charge < -0.3 is 15.4 Å². The fourth-order valence-corrected chi connectivity index (χ4v) is 2.19. The summed E-state index contributed by atoms with van der Waals surface area (Å²) in [4.78, 5) is 11.8. The Hall–Kier alpha value is -1.33. The van der Waals surface area contributed by atoms with E-state index >= 15 is 0 Å². The fourth-order valence-electron chi connectivity index (χ4n) is 2.19. The van der Waals surface area contributed by atoms with Crippen molar-refractivity contribution in [2.75, 3.05) is 25.1 Å². The lowest BCUT2D eigenvalue weighted by molar-refractivity contribution is -0.116. The van der Waals surface area contributed by atoms with E-state index in [4.69, 9.17) is 4.74 Å². The van der Waals surface area contributed by atoms with Gasteiger partial charge in [-0.05, 0) is 31.5 Å². The average Bonchev–Trinajstić information content (AvgIpc) is 2.89. The largest absolute Gasteiger partial charge is 0.491 e. The quantitative estimate of drug-likeness (QED) is 0.849. The van der Waals surface area contributed by atoms with Gasteiger partial charge in [0.25, 0.3) is 0 Å². The molecule has 0 radical (unpaired) electrons. The van der Waals surface area contributed by atoms with Gasteiger partial charge in [-0.2, -0.15) is 0 Å². The average molecular weight is 303 g/mol. The molecule has 0 aromatic heterocycles. The van der Waals surface area contributed by atoms with E-state index in [1.165, 1.54) is 0 Å². The minimum absolute atomic E-state index is 0. The van der Waals surface area contributed by atoms with Crippen molar-refractivity contribution in [3.63, 3.8) is 0 Å². The molecule has 112 valence electrons. The third-order valence-electron chi connectivity index (χ3n) is 3.06. The van der Waals surface area contributed by atoms with Gasteiger partial charge in [0.05, 0.1) is 0 Å². The minimum Gasteiger partial charge on any atom is -0.491 e. The molecular formula is C14H20ClFN2O2. The molecule has 0 bridgehead atoms. The van der Waals surface area contributed by atoms with Crippen LogP contribution in [0.1, 0.15) is 19.3 Å². The third-order valence-corrected chi connectivity index (χ3v) is 3.06. The zero-order valence-electron chi connectivity index (χ0n) is 11.2. The number of amides is 1. The van der Waals surface area contributed by atoms with Gasteiger partial charge in [-0.15, -0.1) is 12.4 Å². The van der Waals surface area contributed by atoms with Crippen LogP contribution in [0.5, 0.6) is 5.75 Å². The molecule has 1 heterocycles. The number of alkyl halides is 1. The number of hydrogen-bond donors (Lipinski definition) is 2.